The Bertz CT molecular complexity index is 926. The minimum atomic E-state index is -0.379. The molecule has 4 rings (SSSR count). The third-order valence-corrected chi connectivity index (χ3v) is 5.79. The predicted molar refractivity (Wildman–Crippen MR) is 111 cm³/mol. The number of aryl methyl sites for hydroxylation is 1. The fourth-order valence-electron chi connectivity index (χ4n) is 4.06. The fourth-order valence-corrected chi connectivity index (χ4v) is 4.06. The van der Waals surface area contributed by atoms with Gasteiger partial charge in [0.15, 0.2) is 0 Å². The van der Waals surface area contributed by atoms with Crippen LogP contribution in [0, 0.1) is 11.7 Å². The van der Waals surface area contributed by atoms with Gasteiger partial charge in [-0.1, -0.05) is 0 Å². The molecule has 2 amide bonds. The van der Waals surface area contributed by atoms with Crippen LogP contribution in [0.4, 0.5) is 10.1 Å². The summed E-state index contributed by atoms with van der Waals surface area (Å²) < 4.78 is 18.5. The van der Waals surface area contributed by atoms with Crippen LogP contribution in [0.1, 0.15) is 54.0 Å². The summed E-state index contributed by atoms with van der Waals surface area (Å²) in [6.45, 7) is 3.85. The Kier molecular flexibility index (Phi) is 6.08. The molecule has 2 aromatic rings. The number of benzene rings is 1. The molecule has 1 aromatic heterocycles. The summed E-state index contributed by atoms with van der Waals surface area (Å²) in [7, 11) is 0. The molecule has 0 spiro atoms. The van der Waals surface area contributed by atoms with E-state index < -0.39 is 0 Å². The summed E-state index contributed by atoms with van der Waals surface area (Å²) >= 11 is 0. The largest absolute Gasteiger partial charge is 0.381 e. The SMILES string of the molecule is C[C@H](NC(=O)c1ccc(F)cc1)c1ccc2c(n1)CCCN2C(=O)C1CCOCC1. The van der Waals surface area contributed by atoms with Crippen molar-refractivity contribution in [2.45, 2.75) is 38.6 Å². The minimum absolute atomic E-state index is 0.0123. The molecule has 7 heteroatoms. The Morgan fingerprint density at radius 1 is 1.17 bits per heavy atom. The third kappa shape index (κ3) is 4.36. The van der Waals surface area contributed by atoms with E-state index in [9.17, 15) is 14.0 Å². The molecule has 0 aliphatic carbocycles. The van der Waals surface area contributed by atoms with Crippen LogP contribution >= 0.6 is 0 Å². The molecule has 0 radical (unpaired) electrons. The Morgan fingerprint density at radius 2 is 1.90 bits per heavy atom. The van der Waals surface area contributed by atoms with Crippen LogP contribution < -0.4 is 10.2 Å². The van der Waals surface area contributed by atoms with Gasteiger partial charge in [0, 0.05) is 31.2 Å². The van der Waals surface area contributed by atoms with Crippen LogP contribution in [-0.4, -0.2) is 36.6 Å². The monoisotopic (exact) mass is 411 g/mol. The Hall–Kier alpha value is -2.80. The molecule has 0 bridgehead atoms. The zero-order chi connectivity index (χ0) is 21.1. The summed E-state index contributed by atoms with van der Waals surface area (Å²) in [5.41, 5.74) is 2.90. The minimum Gasteiger partial charge on any atom is -0.381 e. The Labute approximate surface area is 175 Å². The smallest absolute Gasteiger partial charge is 0.251 e. The number of fused-ring (bicyclic) bond motifs is 1. The van der Waals surface area contributed by atoms with Crippen molar-refractivity contribution in [3.05, 3.63) is 59.2 Å². The van der Waals surface area contributed by atoms with Gasteiger partial charge in [0.25, 0.3) is 5.91 Å². The standard InChI is InChI=1S/C23H26FN3O3/c1-15(25-22(28)16-4-6-18(24)7-5-16)19-8-9-21-20(26-19)3-2-12-27(21)23(29)17-10-13-30-14-11-17/h4-9,15,17H,2-3,10-14H2,1H3,(H,25,28)/t15-/m0/s1. The van der Waals surface area contributed by atoms with Crippen LogP contribution in [0.3, 0.4) is 0 Å². The lowest BCUT2D eigenvalue weighted by atomic mass is 9.96. The highest BCUT2D eigenvalue weighted by Gasteiger charge is 2.30. The number of rotatable bonds is 4. The van der Waals surface area contributed by atoms with Crippen molar-refractivity contribution < 1.29 is 18.7 Å². The molecule has 6 nitrogen and oxygen atoms in total. The first-order chi connectivity index (χ1) is 14.5. The number of carbonyl (C=O) groups excluding carboxylic acids is 2. The summed E-state index contributed by atoms with van der Waals surface area (Å²) in [5, 5.41) is 2.91. The number of nitrogens with one attached hydrogen (secondary N) is 1. The molecule has 158 valence electrons. The van der Waals surface area contributed by atoms with E-state index in [1.54, 1.807) is 0 Å². The van der Waals surface area contributed by atoms with Gasteiger partial charge in [-0.25, -0.2) is 4.39 Å². The molecule has 1 fully saturated rings. The molecule has 1 aromatic carbocycles. The van der Waals surface area contributed by atoms with Crippen LogP contribution in [0.15, 0.2) is 36.4 Å². The molecule has 30 heavy (non-hydrogen) atoms. The number of ether oxygens (including phenoxy) is 1. The molecule has 1 saturated heterocycles. The topological polar surface area (TPSA) is 71.5 Å². The maximum Gasteiger partial charge on any atom is 0.251 e. The second-order valence-corrected chi connectivity index (χ2v) is 7.88. The molecule has 1 atom stereocenters. The lowest BCUT2D eigenvalue weighted by Gasteiger charge is -2.33. The molecule has 2 aliphatic rings. The zero-order valence-electron chi connectivity index (χ0n) is 17.1. The third-order valence-electron chi connectivity index (χ3n) is 5.79. The van der Waals surface area contributed by atoms with Crippen LogP contribution in [0.25, 0.3) is 0 Å². The lowest BCUT2D eigenvalue weighted by molar-refractivity contribution is -0.125. The van der Waals surface area contributed by atoms with Crippen molar-refractivity contribution in [3.63, 3.8) is 0 Å². The van der Waals surface area contributed by atoms with E-state index in [1.165, 1.54) is 24.3 Å². The highest BCUT2D eigenvalue weighted by Crippen LogP contribution is 2.30. The van der Waals surface area contributed by atoms with Gasteiger partial charge in [-0.15, -0.1) is 0 Å². The van der Waals surface area contributed by atoms with E-state index in [0.717, 1.165) is 42.8 Å². The summed E-state index contributed by atoms with van der Waals surface area (Å²) in [6, 6.07) is 8.93. The second kappa shape index (κ2) is 8.92. The number of pyridine rings is 1. The molecular weight excluding hydrogens is 385 g/mol. The van der Waals surface area contributed by atoms with Crippen LogP contribution in [0.5, 0.6) is 0 Å². The molecule has 0 unspecified atom stereocenters. The van der Waals surface area contributed by atoms with Gasteiger partial charge in [-0.05, 0) is 69.0 Å². The normalized spacial score (nSPS) is 17.9. The number of anilines is 1. The van der Waals surface area contributed by atoms with E-state index in [-0.39, 0.29) is 29.6 Å². The van der Waals surface area contributed by atoms with Crippen molar-refractivity contribution in [1.29, 1.82) is 0 Å². The number of amides is 2. The van der Waals surface area contributed by atoms with Gasteiger partial charge in [-0.2, -0.15) is 0 Å². The van der Waals surface area contributed by atoms with Gasteiger partial charge in [-0.3, -0.25) is 14.6 Å². The van der Waals surface area contributed by atoms with Crippen LogP contribution in [0.2, 0.25) is 0 Å². The Morgan fingerprint density at radius 3 is 2.63 bits per heavy atom. The number of nitrogens with zero attached hydrogens (tertiary/aromatic N) is 2. The predicted octanol–water partition coefficient (Wildman–Crippen LogP) is 3.42. The van der Waals surface area contributed by atoms with Gasteiger partial charge in [0.2, 0.25) is 5.91 Å². The summed E-state index contributed by atoms with van der Waals surface area (Å²) in [5.74, 6) is -0.487. The van der Waals surface area contributed by atoms with Crippen molar-refractivity contribution >= 4 is 17.5 Å². The van der Waals surface area contributed by atoms with Crippen LogP contribution in [-0.2, 0) is 16.0 Å². The zero-order valence-corrected chi connectivity index (χ0v) is 17.1. The van der Waals surface area contributed by atoms with E-state index in [2.05, 4.69) is 5.32 Å². The first-order valence-electron chi connectivity index (χ1n) is 10.5. The molecular formula is C23H26FN3O3. The molecule has 0 saturated carbocycles. The van der Waals surface area contributed by atoms with Gasteiger partial charge in [0.1, 0.15) is 5.82 Å². The quantitative estimate of drug-likeness (QED) is 0.837. The molecule has 3 heterocycles. The average molecular weight is 411 g/mol. The van der Waals surface area contributed by atoms with E-state index in [4.69, 9.17) is 9.72 Å². The van der Waals surface area contributed by atoms with Crippen molar-refractivity contribution in [3.8, 4) is 0 Å². The first-order valence-corrected chi connectivity index (χ1v) is 10.5. The van der Waals surface area contributed by atoms with Crippen molar-refractivity contribution in [1.82, 2.24) is 10.3 Å². The second-order valence-electron chi connectivity index (χ2n) is 7.88. The van der Waals surface area contributed by atoms with Gasteiger partial charge >= 0.3 is 0 Å². The summed E-state index contributed by atoms with van der Waals surface area (Å²) in [4.78, 5) is 32.1. The van der Waals surface area contributed by atoms with E-state index in [1.807, 2.05) is 24.0 Å². The molecule has 2 aliphatic heterocycles. The Balaban J connectivity index is 1.48. The molecule has 1 N–H and O–H groups in total. The first kappa shape index (κ1) is 20.5. The lowest BCUT2D eigenvalue weighted by Crippen LogP contribution is -2.41. The van der Waals surface area contributed by atoms with Gasteiger partial charge in [0.05, 0.1) is 23.1 Å². The number of halogens is 1. The van der Waals surface area contributed by atoms with E-state index in [0.29, 0.717) is 25.3 Å². The number of aromatic nitrogens is 1. The van der Waals surface area contributed by atoms with Crippen molar-refractivity contribution in [2.24, 2.45) is 5.92 Å². The summed E-state index contributed by atoms with van der Waals surface area (Å²) in [6.07, 6.45) is 3.21. The highest BCUT2D eigenvalue weighted by molar-refractivity contribution is 5.96. The number of carbonyl (C=O) groups is 2. The maximum absolute atomic E-state index is 13.1. The average Bonchev–Trinajstić information content (AvgIpc) is 2.78. The van der Waals surface area contributed by atoms with E-state index >= 15 is 0 Å². The van der Waals surface area contributed by atoms with Crippen molar-refractivity contribution in [2.75, 3.05) is 24.7 Å². The maximum atomic E-state index is 13.1. The highest BCUT2D eigenvalue weighted by atomic mass is 19.1. The van der Waals surface area contributed by atoms with Gasteiger partial charge < -0.3 is 15.0 Å². The number of hydrogen-bond acceptors (Lipinski definition) is 4. The fraction of sp³-hybridized carbons (Fsp3) is 0.435. The number of hydrogen-bond donors (Lipinski definition) is 1.